The summed E-state index contributed by atoms with van der Waals surface area (Å²) >= 11 is 0. The van der Waals surface area contributed by atoms with Crippen LogP contribution in [0.4, 0.5) is 0 Å². The predicted molar refractivity (Wildman–Crippen MR) is 79.1 cm³/mol. The van der Waals surface area contributed by atoms with Crippen molar-refractivity contribution in [3.63, 3.8) is 0 Å². The van der Waals surface area contributed by atoms with E-state index in [1.54, 1.807) is 0 Å². The largest absolute Gasteiger partial charge is 0.330 e. The highest BCUT2D eigenvalue weighted by molar-refractivity contribution is 7.92. The fourth-order valence-corrected chi connectivity index (χ4v) is 3.72. The lowest BCUT2D eigenvalue weighted by Gasteiger charge is -2.11. The lowest BCUT2D eigenvalue weighted by atomic mass is 10.2. The fourth-order valence-electron chi connectivity index (χ4n) is 1.71. The highest BCUT2D eigenvalue weighted by atomic mass is 32.2. The summed E-state index contributed by atoms with van der Waals surface area (Å²) in [7, 11) is -2.20. The van der Waals surface area contributed by atoms with Gasteiger partial charge in [0.05, 0.1) is 22.0 Å². The Morgan fingerprint density at radius 1 is 1.39 bits per heavy atom. The van der Waals surface area contributed by atoms with Crippen molar-refractivity contribution < 1.29 is 4.21 Å². The number of hydrogen-bond donors (Lipinski definition) is 1. The Bertz CT molecular complexity index is 488. The van der Waals surface area contributed by atoms with Crippen LogP contribution >= 0.6 is 0 Å². The van der Waals surface area contributed by atoms with Crippen molar-refractivity contribution in [3.05, 3.63) is 35.4 Å². The maximum absolute atomic E-state index is 12.7. The summed E-state index contributed by atoms with van der Waals surface area (Å²) in [6, 6.07) is 8.12. The average Bonchev–Trinajstić information content (AvgIpc) is 2.27. The van der Waals surface area contributed by atoms with Crippen molar-refractivity contribution in [1.82, 2.24) is 0 Å². The van der Waals surface area contributed by atoms with Gasteiger partial charge in [0.1, 0.15) is 0 Å². The first-order chi connectivity index (χ1) is 8.45. The third-order valence-corrected chi connectivity index (χ3v) is 4.86. The summed E-state index contributed by atoms with van der Waals surface area (Å²) in [6.07, 6.45) is 0. The fraction of sp³-hybridized carbons (Fsp3) is 0.571. The van der Waals surface area contributed by atoms with E-state index in [-0.39, 0.29) is 0 Å². The SMILES string of the molecule is Cc1cccc(CS(=O)(CCN)=NCC(C)C)c1. The zero-order valence-electron chi connectivity index (χ0n) is 11.6. The van der Waals surface area contributed by atoms with Crippen molar-refractivity contribution in [2.24, 2.45) is 16.0 Å². The molecule has 18 heavy (non-hydrogen) atoms. The molecule has 2 N–H and O–H groups in total. The number of benzene rings is 1. The number of aryl methyl sites for hydroxylation is 1. The van der Waals surface area contributed by atoms with Crippen molar-refractivity contribution in [1.29, 1.82) is 0 Å². The van der Waals surface area contributed by atoms with E-state index in [1.807, 2.05) is 25.1 Å². The van der Waals surface area contributed by atoms with Crippen LogP contribution in [0.15, 0.2) is 28.6 Å². The maximum Gasteiger partial charge on any atom is 0.0568 e. The van der Waals surface area contributed by atoms with Crippen LogP contribution in [0.1, 0.15) is 25.0 Å². The molecule has 0 spiro atoms. The van der Waals surface area contributed by atoms with E-state index in [0.717, 1.165) is 5.56 Å². The summed E-state index contributed by atoms with van der Waals surface area (Å²) < 4.78 is 17.1. The topological polar surface area (TPSA) is 55.5 Å². The first-order valence-electron chi connectivity index (χ1n) is 6.39. The molecule has 1 aromatic rings. The van der Waals surface area contributed by atoms with Gasteiger partial charge in [-0.15, -0.1) is 0 Å². The molecule has 0 saturated heterocycles. The van der Waals surface area contributed by atoms with E-state index < -0.39 is 9.73 Å². The minimum absolute atomic E-state index is 0.423. The highest BCUT2D eigenvalue weighted by Gasteiger charge is 2.10. The van der Waals surface area contributed by atoms with E-state index in [1.165, 1.54) is 5.56 Å². The average molecular weight is 268 g/mol. The van der Waals surface area contributed by atoms with E-state index in [9.17, 15) is 4.21 Å². The predicted octanol–water partition coefficient (Wildman–Crippen LogP) is 2.58. The second-order valence-electron chi connectivity index (χ2n) is 5.10. The van der Waals surface area contributed by atoms with Gasteiger partial charge < -0.3 is 5.73 Å². The van der Waals surface area contributed by atoms with Crippen LogP contribution in [0.5, 0.6) is 0 Å². The summed E-state index contributed by atoms with van der Waals surface area (Å²) in [5, 5.41) is 0. The molecule has 3 nitrogen and oxygen atoms in total. The van der Waals surface area contributed by atoms with Crippen LogP contribution < -0.4 is 5.73 Å². The van der Waals surface area contributed by atoms with Gasteiger partial charge in [-0.2, -0.15) is 0 Å². The van der Waals surface area contributed by atoms with Crippen LogP contribution in [0.2, 0.25) is 0 Å². The Balaban J connectivity index is 2.92. The number of hydrogen-bond acceptors (Lipinski definition) is 3. The number of nitrogens with two attached hydrogens (primary N) is 1. The Hall–Kier alpha value is -0.870. The van der Waals surface area contributed by atoms with E-state index >= 15 is 0 Å². The minimum atomic E-state index is -2.20. The van der Waals surface area contributed by atoms with Crippen LogP contribution in [0, 0.1) is 12.8 Å². The molecule has 4 heteroatoms. The third-order valence-electron chi connectivity index (χ3n) is 2.59. The Morgan fingerprint density at radius 2 is 2.11 bits per heavy atom. The van der Waals surface area contributed by atoms with Gasteiger partial charge in [0.15, 0.2) is 0 Å². The van der Waals surface area contributed by atoms with Crippen molar-refractivity contribution in [2.75, 3.05) is 18.8 Å². The smallest absolute Gasteiger partial charge is 0.0568 e. The molecule has 0 radical (unpaired) electrons. The quantitative estimate of drug-likeness (QED) is 0.862. The van der Waals surface area contributed by atoms with Crippen molar-refractivity contribution in [2.45, 2.75) is 26.5 Å². The van der Waals surface area contributed by atoms with Gasteiger partial charge in [-0.1, -0.05) is 43.7 Å². The summed E-state index contributed by atoms with van der Waals surface area (Å²) in [4.78, 5) is 0. The van der Waals surface area contributed by atoms with Gasteiger partial charge >= 0.3 is 0 Å². The van der Waals surface area contributed by atoms with E-state index in [4.69, 9.17) is 5.73 Å². The molecule has 0 amide bonds. The molecule has 1 atom stereocenters. The molecule has 0 aliphatic carbocycles. The van der Waals surface area contributed by atoms with Crippen LogP contribution in [0.3, 0.4) is 0 Å². The molecule has 0 aliphatic rings. The Morgan fingerprint density at radius 3 is 2.67 bits per heavy atom. The first-order valence-corrected chi connectivity index (χ1v) is 8.24. The maximum atomic E-state index is 12.7. The molecule has 0 aliphatic heterocycles. The zero-order valence-corrected chi connectivity index (χ0v) is 12.4. The summed E-state index contributed by atoms with van der Waals surface area (Å²) in [6.45, 7) is 7.27. The molecule has 0 aromatic heterocycles. The molecule has 102 valence electrons. The van der Waals surface area contributed by atoms with E-state index in [0.29, 0.717) is 30.5 Å². The third kappa shape index (κ3) is 5.19. The van der Waals surface area contributed by atoms with Crippen LogP contribution in [-0.2, 0) is 15.5 Å². The Labute approximate surface area is 111 Å². The zero-order chi connectivity index (χ0) is 13.6. The molecular formula is C14H24N2OS. The van der Waals surface area contributed by atoms with Gasteiger partial charge in [-0.25, -0.2) is 8.57 Å². The first kappa shape index (κ1) is 15.2. The second-order valence-corrected chi connectivity index (χ2v) is 7.60. The lowest BCUT2D eigenvalue weighted by Crippen LogP contribution is -2.18. The van der Waals surface area contributed by atoms with Gasteiger partial charge in [0.2, 0.25) is 0 Å². The number of rotatable bonds is 6. The molecule has 1 aromatic carbocycles. The molecule has 0 fully saturated rings. The molecule has 0 bridgehead atoms. The lowest BCUT2D eigenvalue weighted by molar-refractivity contribution is 0.648. The summed E-state index contributed by atoms with van der Waals surface area (Å²) in [5.41, 5.74) is 7.84. The van der Waals surface area contributed by atoms with Crippen molar-refractivity contribution in [3.8, 4) is 0 Å². The minimum Gasteiger partial charge on any atom is -0.330 e. The molecular weight excluding hydrogens is 244 g/mol. The second kappa shape index (κ2) is 6.90. The monoisotopic (exact) mass is 268 g/mol. The molecule has 0 saturated carbocycles. The Kier molecular flexibility index (Phi) is 5.82. The van der Waals surface area contributed by atoms with Crippen LogP contribution in [-0.4, -0.2) is 23.1 Å². The number of nitrogens with zero attached hydrogens (tertiary/aromatic N) is 1. The molecule has 0 heterocycles. The van der Waals surface area contributed by atoms with E-state index in [2.05, 4.69) is 24.3 Å². The van der Waals surface area contributed by atoms with Crippen molar-refractivity contribution >= 4 is 9.73 Å². The standard InChI is InChI=1S/C14H24N2OS/c1-12(2)10-16-18(17,8-7-15)11-14-6-4-5-13(3)9-14/h4-6,9,12H,7-8,10-11,15H2,1-3H3. The van der Waals surface area contributed by atoms with Gasteiger partial charge in [-0.3, -0.25) is 0 Å². The van der Waals surface area contributed by atoms with Gasteiger partial charge in [0, 0.05) is 12.3 Å². The molecule has 1 unspecified atom stereocenters. The molecule has 1 rings (SSSR count). The summed E-state index contributed by atoms with van der Waals surface area (Å²) in [5.74, 6) is 1.42. The highest BCUT2D eigenvalue weighted by Crippen LogP contribution is 2.12. The van der Waals surface area contributed by atoms with Gasteiger partial charge in [-0.05, 0) is 18.4 Å². The van der Waals surface area contributed by atoms with Gasteiger partial charge in [0.25, 0.3) is 0 Å². The van der Waals surface area contributed by atoms with Crippen LogP contribution in [0.25, 0.3) is 0 Å². The normalized spacial score (nSPS) is 14.5.